The summed E-state index contributed by atoms with van der Waals surface area (Å²) >= 11 is 0. The predicted octanol–water partition coefficient (Wildman–Crippen LogP) is 3.38. The highest BCUT2D eigenvalue weighted by molar-refractivity contribution is 7.86. The molecular formula is C50H69N5O13S. The van der Waals surface area contributed by atoms with Crippen LogP contribution in [0.5, 0.6) is 5.75 Å². The Labute approximate surface area is 405 Å². The molecule has 18 nitrogen and oxygen atoms in total. The fourth-order valence-corrected chi connectivity index (χ4v) is 9.80. The van der Waals surface area contributed by atoms with Gasteiger partial charge in [0.15, 0.2) is 24.2 Å². The highest BCUT2D eigenvalue weighted by Crippen LogP contribution is 2.32. The van der Waals surface area contributed by atoms with Gasteiger partial charge in [-0.05, 0) is 92.7 Å². The molecule has 1 heterocycles. The van der Waals surface area contributed by atoms with Crippen LogP contribution >= 0.6 is 0 Å². The van der Waals surface area contributed by atoms with E-state index in [0.717, 1.165) is 12.5 Å². The summed E-state index contributed by atoms with van der Waals surface area (Å²) in [4.78, 5) is 82.1. The second-order valence-electron chi connectivity index (χ2n) is 18.5. The van der Waals surface area contributed by atoms with Gasteiger partial charge >= 0.3 is 5.97 Å². The fraction of sp³-hybridized carbons (Fsp3) is 0.520. The van der Waals surface area contributed by atoms with E-state index in [1.807, 2.05) is 44.2 Å². The lowest BCUT2D eigenvalue weighted by atomic mass is 9.87. The van der Waals surface area contributed by atoms with E-state index in [2.05, 4.69) is 21.3 Å². The van der Waals surface area contributed by atoms with E-state index in [1.54, 1.807) is 44.2 Å². The number of rotatable bonds is 26. The molecule has 0 radical (unpaired) electrons. The molecule has 2 unspecified atom stereocenters. The first-order valence-electron chi connectivity index (χ1n) is 23.2. The Morgan fingerprint density at radius 3 is 1.77 bits per heavy atom. The molecule has 19 heteroatoms. The molecule has 0 saturated carbocycles. The molecule has 1 fully saturated rings. The third-order valence-electron chi connectivity index (χ3n) is 11.5. The SMILES string of the molecule is CC(=O)N[C@@H](CCc1ccccc1)C(=O)N[C@@H](CC(C)C)C(=O)N[C@@H](Cc1ccccc1)C(=O)N[C@@H](CC(C)C)C(=O)C(C)(O)C(OS(=O)(=O)c1c(C)cc(OCC(=O)O)cc1C)N1CCOCC1. The minimum absolute atomic E-state index is 0.00905. The number of ketones is 1. The lowest BCUT2D eigenvalue weighted by molar-refractivity contribution is -0.170. The lowest BCUT2D eigenvalue weighted by Crippen LogP contribution is -2.64. The number of amides is 4. The number of aliphatic hydroxyl groups is 1. The molecule has 6 N–H and O–H groups in total. The molecule has 1 saturated heterocycles. The van der Waals surface area contributed by atoms with Crippen LogP contribution in [0.15, 0.2) is 77.7 Å². The van der Waals surface area contributed by atoms with E-state index in [9.17, 15) is 42.3 Å². The summed E-state index contributed by atoms with van der Waals surface area (Å²) in [6.45, 7) is 12.4. The second kappa shape index (κ2) is 25.8. The van der Waals surface area contributed by atoms with Gasteiger partial charge in [0.2, 0.25) is 23.6 Å². The Kier molecular flexibility index (Phi) is 20.9. The highest BCUT2D eigenvalue weighted by atomic mass is 32.2. The van der Waals surface area contributed by atoms with Crippen molar-refractivity contribution < 1.29 is 61.1 Å². The zero-order chi connectivity index (χ0) is 51.1. The number of carboxylic acids is 1. The first-order valence-corrected chi connectivity index (χ1v) is 24.6. The van der Waals surface area contributed by atoms with Crippen LogP contribution in [0, 0.1) is 25.7 Å². The normalized spacial score (nSPS) is 16.3. The van der Waals surface area contributed by atoms with E-state index in [0.29, 0.717) is 12.0 Å². The summed E-state index contributed by atoms with van der Waals surface area (Å²) in [6, 6.07) is 16.1. The van der Waals surface area contributed by atoms with E-state index >= 15 is 0 Å². The van der Waals surface area contributed by atoms with Crippen molar-refractivity contribution in [3.63, 3.8) is 0 Å². The molecule has 4 amide bonds. The molecule has 1 aliphatic rings. The number of aryl methyl sites for hydroxylation is 3. The zero-order valence-electron chi connectivity index (χ0n) is 40.8. The van der Waals surface area contributed by atoms with Crippen LogP contribution in [0.3, 0.4) is 0 Å². The second-order valence-corrected chi connectivity index (χ2v) is 20.1. The Morgan fingerprint density at radius 1 is 0.739 bits per heavy atom. The summed E-state index contributed by atoms with van der Waals surface area (Å²) in [5.41, 5.74) is -0.671. The molecule has 0 spiro atoms. The smallest absolute Gasteiger partial charge is 0.341 e. The molecule has 3 aromatic carbocycles. The van der Waals surface area contributed by atoms with Gasteiger partial charge in [-0.1, -0.05) is 88.4 Å². The van der Waals surface area contributed by atoms with Crippen molar-refractivity contribution in [3.05, 3.63) is 95.1 Å². The van der Waals surface area contributed by atoms with Crippen molar-refractivity contribution in [2.45, 2.75) is 128 Å². The van der Waals surface area contributed by atoms with Crippen LogP contribution in [0.1, 0.15) is 83.1 Å². The van der Waals surface area contributed by atoms with Gasteiger partial charge in [0.05, 0.1) is 19.3 Å². The van der Waals surface area contributed by atoms with Gasteiger partial charge in [0.25, 0.3) is 10.1 Å². The number of carbonyl (C=O) groups excluding carboxylic acids is 5. The third kappa shape index (κ3) is 17.0. The minimum Gasteiger partial charge on any atom is -0.482 e. The van der Waals surface area contributed by atoms with Crippen LogP contribution in [0.2, 0.25) is 0 Å². The first-order chi connectivity index (χ1) is 32.5. The van der Waals surface area contributed by atoms with Gasteiger partial charge in [-0.3, -0.25) is 28.9 Å². The molecule has 4 rings (SSSR count). The van der Waals surface area contributed by atoms with Crippen molar-refractivity contribution in [2.24, 2.45) is 11.8 Å². The van der Waals surface area contributed by atoms with E-state index < -0.39 is 88.1 Å². The largest absolute Gasteiger partial charge is 0.482 e. The van der Waals surface area contributed by atoms with Gasteiger partial charge < -0.3 is 41.0 Å². The van der Waals surface area contributed by atoms with Gasteiger partial charge in [0.1, 0.15) is 28.8 Å². The van der Waals surface area contributed by atoms with Crippen molar-refractivity contribution in [1.82, 2.24) is 26.2 Å². The van der Waals surface area contributed by atoms with Gasteiger partial charge in [-0.15, -0.1) is 0 Å². The number of nitrogens with one attached hydrogen (secondary N) is 4. The molecule has 6 atom stereocenters. The summed E-state index contributed by atoms with van der Waals surface area (Å²) in [7, 11) is -4.77. The molecular weight excluding hydrogens is 911 g/mol. The zero-order valence-corrected chi connectivity index (χ0v) is 41.6. The van der Waals surface area contributed by atoms with Crippen LogP contribution in [0.4, 0.5) is 0 Å². The third-order valence-corrected chi connectivity index (χ3v) is 13.1. The van der Waals surface area contributed by atoms with Crippen LogP contribution in [-0.2, 0) is 60.6 Å². The molecule has 1 aliphatic heterocycles. The topological polar surface area (TPSA) is 256 Å². The van der Waals surface area contributed by atoms with E-state index in [4.69, 9.17) is 18.8 Å². The van der Waals surface area contributed by atoms with Crippen LogP contribution in [0.25, 0.3) is 0 Å². The highest BCUT2D eigenvalue weighted by Gasteiger charge is 2.50. The minimum atomic E-state index is -4.77. The molecule has 69 heavy (non-hydrogen) atoms. The Bertz CT molecular complexity index is 2320. The maximum atomic E-state index is 14.9. The molecule has 0 aromatic heterocycles. The Hall–Kier alpha value is -5.73. The number of Topliss-reactive ketones (excluding diaryl/α,β-unsaturated/α-hetero) is 1. The molecule has 378 valence electrons. The standard InChI is InChI=1S/C50H69N5O13S/c1-31(2)25-40(45(59)50(8,63)49(55-21-23-66-24-22-55)68-69(64,65)44-33(5)27-38(28-34(44)6)67-30-43(57)58)52-48(62)42(29-37-17-13-10-14-18-37)54-47(61)41(26-32(3)4)53-46(60)39(51-35(7)56)20-19-36-15-11-9-12-16-36/h9-18,27-28,31-32,39-42,49,63H,19-26,29-30H2,1-8H3,(H,51,56)(H,52,62)(H,53,60)(H,54,61)(H,57,58)/t39-,40-,41-,42-,49?,50?/m0/s1. The van der Waals surface area contributed by atoms with E-state index in [1.165, 1.54) is 37.8 Å². The Balaban J connectivity index is 1.65. The summed E-state index contributed by atoms with van der Waals surface area (Å²) < 4.78 is 45.1. The number of morpholine rings is 1. The summed E-state index contributed by atoms with van der Waals surface area (Å²) in [5.74, 6) is -4.91. The van der Waals surface area contributed by atoms with Crippen molar-refractivity contribution in [1.29, 1.82) is 0 Å². The number of nitrogens with zero attached hydrogens (tertiary/aromatic N) is 1. The van der Waals surface area contributed by atoms with Crippen molar-refractivity contribution >= 4 is 45.5 Å². The van der Waals surface area contributed by atoms with Gasteiger partial charge in [0, 0.05) is 26.4 Å². The number of benzene rings is 3. The van der Waals surface area contributed by atoms with Crippen molar-refractivity contribution in [2.75, 3.05) is 32.9 Å². The fourth-order valence-electron chi connectivity index (χ4n) is 8.25. The quantitative estimate of drug-likeness (QED) is 0.0631. The Morgan fingerprint density at radius 2 is 1.23 bits per heavy atom. The van der Waals surface area contributed by atoms with Crippen LogP contribution in [-0.4, -0.2) is 128 Å². The first kappa shape index (κ1) is 55.9. The predicted molar refractivity (Wildman–Crippen MR) is 256 cm³/mol. The maximum Gasteiger partial charge on any atom is 0.341 e. The molecule has 0 bridgehead atoms. The van der Waals surface area contributed by atoms with E-state index in [-0.39, 0.29) is 85.6 Å². The van der Waals surface area contributed by atoms with Gasteiger partial charge in [-0.2, -0.15) is 8.42 Å². The average molecular weight is 980 g/mol. The maximum absolute atomic E-state index is 14.9. The summed E-state index contributed by atoms with van der Waals surface area (Å²) in [6.07, 6.45) is -0.971. The molecule has 0 aliphatic carbocycles. The number of hydrogen-bond acceptors (Lipinski definition) is 13. The molecule has 3 aromatic rings. The number of hydrogen-bond donors (Lipinski definition) is 6. The van der Waals surface area contributed by atoms with Crippen molar-refractivity contribution in [3.8, 4) is 5.75 Å². The number of aliphatic carboxylic acids is 1. The average Bonchev–Trinajstić information content (AvgIpc) is 3.28. The van der Waals surface area contributed by atoms with Crippen LogP contribution < -0.4 is 26.0 Å². The number of carbonyl (C=O) groups is 6. The number of ether oxygens (including phenoxy) is 2. The monoisotopic (exact) mass is 979 g/mol. The van der Waals surface area contributed by atoms with Gasteiger partial charge in [-0.25, -0.2) is 8.98 Å². The number of carboxylic acid groups (broad SMARTS) is 1. The summed E-state index contributed by atoms with van der Waals surface area (Å²) in [5, 5.41) is 32.5. The lowest BCUT2D eigenvalue weighted by Gasteiger charge is -2.42.